The number of fused-ring (bicyclic) bond motifs is 1. The maximum Gasteiger partial charge on any atom is 0.138 e. The van der Waals surface area contributed by atoms with Crippen molar-refractivity contribution in [3.63, 3.8) is 0 Å². The van der Waals surface area contributed by atoms with Crippen molar-refractivity contribution in [1.29, 1.82) is 0 Å². The normalized spacial score (nSPS) is 32.4. The van der Waals surface area contributed by atoms with Gasteiger partial charge in [-0.3, -0.25) is 0 Å². The molecule has 0 aromatic heterocycles. The van der Waals surface area contributed by atoms with Gasteiger partial charge in [-0.1, -0.05) is 30.2 Å². The van der Waals surface area contributed by atoms with Crippen LogP contribution in [0.2, 0.25) is 5.02 Å². The summed E-state index contributed by atoms with van der Waals surface area (Å²) in [6.07, 6.45) is 6.67. The van der Waals surface area contributed by atoms with E-state index < -0.39 is 6.10 Å². The largest absolute Gasteiger partial charge is 0.486 e. The molecule has 4 atom stereocenters. The fourth-order valence-corrected chi connectivity index (χ4v) is 5.38. The molecule has 4 rings (SSSR count). The Hall–Kier alpha value is -0.810. The van der Waals surface area contributed by atoms with E-state index in [-0.39, 0.29) is 6.10 Å². The Balaban J connectivity index is 1.25. The third-order valence-electron chi connectivity index (χ3n) is 6.67. The number of ether oxygens (including phenoxy) is 1. The zero-order valence-corrected chi connectivity index (χ0v) is 17.0. The maximum atomic E-state index is 10.6. The summed E-state index contributed by atoms with van der Waals surface area (Å²) in [5.74, 6) is 1.94. The fourth-order valence-electron chi connectivity index (χ4n) is 5.20. The molecule has 0 bridgehead atoms. The first-order valence-corrected chi connectivity index (χ1v) is 11.1. The van der Waals surface area contributed by atoms with Crippen molar-refractivity contribution >= 4 is 11.6 Å². The van der Waals surface area contributed by atoms with Crippen molar-refractivity contribution in [2.24, 2.45) is 11.8 Å². The van der Waals surface area contributed by atoms with Crippen LogP contribution in [0, 0.1) is 11.8 Å². The molecule has 2 heterocycles. The van der Waals surface area contributed by atoms with Crippen LogP contribution >= 0.6 is 11.6 Å². The van der Waals surface area contributed by atoms with Gasteiger partial charge in [0.1, 0.15) is 11.9 Å². The van der Waals surface area contributed by atoms with Crippen LogP contribution in [0.3, 0.4) is 0 Å². The third-order valence-corrected chi connectivity index (χ3v) is 6.99. The van der Waals surface area contributed by atoms with Crippen molar-refractivity contribution in [3.8, 4) is 5.75 Å². The van der Waals surface area contributed by atoms with E-state index in [2.05, 4.69) is 9.80 Å². The van der Waals surface area contributed by atoms with Crippen LogP contribution in [0.4, 0.5) is 0 Å². The average molecular weight is 393 g/mol. The monoisotopic (exact) mass is 392 g/mol. The van der Waals surface area contributed by atoms with E-state index in [0.717, 1.165) is 25.9 Å². The van der Waals surface area contributed by atoms with E-state index in [4.69, 9.17) is 16.3 Å². The van der Waals surface area contributed by atoms with Crippen molar-refractivity contribution in [3.05, 3.63) is 29.3 Å². The van der Waals surface area contributed by atoms with Crippen LogP contribution in [0.15, 0.2) is 24.3 Å². The smallest absolute Gasteiger partial charge is 0.138 e. The van der Waals surface area contributed by atoms with E-state index in [1.165, 1.54) is 51.9 Å². The predicted octanol–water partition coefficient (Wildman–Crippen LogP) is 3.67. The molecule has 1 N–H and O–H groups in total. The van der Waals surface area contributed by atoms with Gasteiger partial charge in [0.25, 0.3) is 0 Å². The summed E-state index contributed by atoms with van der Waals surface area (Å²) in [4.78, 5) is 5.24. The van der Waals surface area contributed by atoms with Crippen molar-refractivity contribution < 1.29 is 9.84 Å². The summed E-state index contributed by atoms with van der Waals surface area (Å²) in [6, 6.07) is 7.57. The number of hydrogen-bond donors (Lipinski definition) is 1. The summed E-state index contributed by atoms with van der Waals surface area (Å²) >= 11 is 6.23. The lowest BCUT2D eigenvalue weighted by molar-refractivity contribution is -0.0231. The van der Waals surface area contributed by atoms with Crippen LogP contribution in [0.25, 0.3) is 0 Å². The molecule has 0 amide bonds. The van der Waals surface area contributed by atoms with Gasteiger partial charge in [0.05, 0.1) is 11.1 Å². The van der Waals surface area contributed by atoms with Crippen molar-refractivity contribution in [2.75, 3.05) is 39.3 Å². The number of piperidine rings is 1. The number of rotatable bonds is 6. The highest BCUT2D eigenvalue weighted by Crippen LogP contribution is 2.38. The molecule has 3 aliphatic rings. The van der Waals surface area contributed by atoms with Gasteiger partial charge in [0.2, 0.25) is 0 Å². The summed E-state index contributed by atoms with van der Waals surface area (Å²) in [5.41, 5.74) is 0. The molecule has 27 heavy (non-hydrogen) atoms. The number of nitrogens with zero attached hydrogens (tertiary/aromatic N) is 2. The van der Waals surface area contributed by atoms with E-state index >= 15 is 0 Å². The molecule has 3 fully saturated rings. The van der Waals surface area contributed by atoms with E-state index in [1.54, 1.807) is 0 Å². The number of aliphatic hydroxyl groups is 1. The van der Waals surface area contributed by atoms with Crippen LogP contribution in [-0.4, -0.2) is 66.4 Å². The number of hydrogen-bond acceptors (Lipinski definition) is 4. The lowest BCUT2D eigenvalue weighted by Gasteiger charge is -2.35. The van der Waals surface area contributed by atoms with Gasteiger partial charge in [-0.25, -0.2) is 0 Å². The fraction of sp³-hybridized carbons (Fsp3) is 0.727. The molecule has 0 unspecified atom stereocenters. The number of halogens is 1. The minimum atomic E-state index is -0.393. The topological polar surface area (TPSA) is 35.9 Å². The van der Waals surface area contributed by atoms with Gasteiger partial charge in [-0.15, -0.1) is 0 Å². The molecule has 150 valence electrons. The van der Waals surface area contributed by atoms with E-state index in [0.29, 0.717) is 22.6 Å². The SMILES string of the molecule is O[C@@H]1C[C@H]2CN(CCCN3CCCCC3)C[C@H]2C[C@H]1Oc1ccccc1Cl. The number of likely N-dealkylation sites (tertiary alicyclic amines) is 2. The van der Waals surface area contributed by atoms with Crippen LogP contribution < -0.4 is 4.74 Å². The molecule has 0 radical (unpaired) electrons. The van der Waals surface area contributed by atoms with Gasteiger partial charge in [0, 0.05) is 13.1 Å². The maximum absolute atomic E-state index is 10.6. The highest BCUT2D eigenvalue weighted by atomic mass is 35.5. The quantitative estimate of drug-likeness (QED) is 0.801. The molecular weight excluding hydrogens is 360 g/mol. The first-order chi connectivity index (χ1) is 13.2. The van der Waals surface area contributed by atoms with Gasteiger partial charge in [-0.05, 0) is 82.3 Å². The lowest BCUT2D eigenvalue weighted by atomic mass is 9.78. The average Bonchev–Trinajstić information content (AvgIpc) is 3.06. The summed E-state index contributed by atoms with van der Waals surface area (Å²) in [6.45, 7) is 7.31. The van der Waals surface area contributed by atoms with Crippen LogP contribution in [0.5, 0.6) is 5.75 Å². The summed E-state index contributed by atoms with van der Waals surface area (Å²) in [7, 11) is 0. The highest BCUT2D eigenvalue weighted by molar-refractivity contribution is 6.32. The summed E-state index contributed by atoms with van der Waals surface area (Å²) in [5, 5.41) is 11.2. The predicted molar refractivity (Wildman–Crippen MR) is 109 cm³/mol. The minimum absolute atomic E-state index is 0.139. The molecule has 1 aliphatic carbocycles. The minimum Gasteiger partial charge on any atom is -0.486 e. The Morgan fingerprint density at radius 2 is 1.67 bits per heavy atom. The zero-order valence-electron chi connectivity index (χ0n) is 16.2. The van der Waals surface area contributed by atoms with Crippen LogP contribution in [0.1, 0.15) is 38.5 Å². The molecule has 2 saturated heterocycles. The second kappa shape index (κ2) is 9.13. The molecule has 0 spiro atoms. The Labute approximate surface area is 168 Å². The number of para-hydroxylation sites is 1. The second-order valence-electron chi connectivity index (χ2n) is 8.66. The van der Waals surface area contributed by atoms with E-state index in [9.17, 15) is 5.11 Å². The first-order valence-electron chi connectivity index (χ1n) is 10.7. The van der Waals surface area contributed by atoms with Crippen molar-refractivity contribution in [2.45, 2.75) is 50.7 Å². The Morgan fingerprint density at radius 3 is 2.44 bits per heavy atom. The zero-order chi connectivity index (χ0) is 18.6. The summed E-state index contributed by atoms with van der Waals surface area (Å²) < 4.78 is 6.10. The van der Waals surface area contributed by atoms with Crippen molar-refractivity contribution in [1.82, 2.24) is 9.80 Å². The second-order valence-corrected chi connectivity index (χ2v) is 9.07. The third kappa shape index (κ3) is 4.97. The molecule has 5 heteroatoms. The first kappa shape index (κ1) is 19.5. The molecule has 4 nitrogen and oxygen atoms in total. The Bertz CT molecular complexity index is 608. The highest BCUT2D eigenvalue weighted by Gasteiger charge is 2.42. The molecular formula is C22H33ClN2O2. The standard InChI is InChI=1S/C22H33ClN2O2/c23-19-7-2-3-8-21(19)27-22-14-18-16-25(15-17(18)13-20(22)26)12-6-11-24-9-4-1-5-10-24/h2-3,7-8,17-18,20,22,26H,1,4-6,9-16H2/t17-,18+,20+,22+/m0/s1. The Morgan fingerprint density at radius 1 is 0.963 bits per heavy atom. The van der Waals surface area contributed by atoms with Gasteiger partial charge < -0.3 is 19.6 Å². The van der Waals surface area contributed by atoms with Gasteiger partial charge in [0.15, 0.2) is 0 Å². The molecule has 2 aliphatic heterocycles. The Kier molecular flexibility index (Phi) is 6.59. The van der Waals surface area contributed by atoms with Crippen LogP contribution in [-0.2, 0) is 0 Å². The molecule has 1 aromatic rings. The number of aliphatic hydroxyl groups excluding tert-OH is 1. The molecule has 1 saturated carbocycles. The van der Waals surface area contributed by atoms with Gasteiger partial charge in [-0.2, -0.15) is 0 Å². The molecule has 1 aromatic carbocycles. The van der Waals surface area contributed by atoms with E-state index in [1.807, 2.05) is 24.3 Å². The lowest BCUT2D eigenvalue weighted by Crippen LogP contribution is -2.42. The van der Waals surface area contributed by atoms with Gasteiger partial charge >= 0.3 is 0 Å². The number of benzene rings is 1.